The standard InChI is InChI=1S/C21H20N4O4S2/c26-18(11-12-31(28,29)17-9-5-2-6-10-17)22-21-24-23-20(30-21)15-13-19(27)25(14-15)16-7-3-1-4-8-16/h1-10,15H,11-14H2,(H,22,24,26). The average Bonchev–Trinajstić information content (AvgIpc) is 3.40. The number of hydrogen-bond acceptors (Lipinski definition) is 7. The summed E-state index contributed by atoms with van der Waals surface area (Å²) in [6.45, 7) is 0.501. The zero-order chi connectivity index (χ0) is 21.8. The second kappa shape index (κ2) is 8.94. The molecule has 2 aromatic carbocycles. The largest absolute Gasteiger partial charge is 0.312 e. The maximum Gasteiger partial charge on any atom is 0.227 e. The lowest BCUT2D eigenvalue weighted by atomic mass is 10.1. The Labute approximate surface area is 183 Å². The van der Waals surface area contributed by atoms with Crippen LogP contribution in [-0.4, -0.2) is 42.7 Å². The Morgan fingerprint density at radius 1 is 1.06 bits per heavy atom. The fourth-order valence-corrected chi connectivity index (χ4v) is 5.45. The predicted octanol–water partition coefficient (Wildman–Crippen LogP) is 2.86. The van der Waals surface area contributed by atoms with Gasteiger partial charge < -0.3 is 10.2 Å². The van der Waals surface area contributed by atoms with E-state index in [1.165, 1.54) is 23.5 Å². The van der Waals surface area contributed by atoms with Gasteiger partial charge in [0, 0.05) is 31.0 Å². The van der Waals surface area contributed by atoms with Gasteiger partial charge in [0.1, 0.15) is 5.01 Å². The van der Waals surface area contributed by atoms with E-state index < -0.39 is 15.7 Å². The molecule has 1 N–H and O–H groups in total. The zero-order valence-electron chi connectivity index (χ0n) is 16.5. The minimum atomic E-state index is -3.53. The van der Waals surface area contributed by atoms with Crippen LogP contribution in [0.5, 0.6) is 0 Å². The van der Waals surface area contributed by atoms with Crippen LogP contribution in [-0.2, 0) is 19.4 Å². The molecule has 10 heteroatoms. The molecule has 4 rings (SSSR count). The second-order valence-corrected chi connectivity index (χ2v) is 10.2. The van der Waals surface area contributed by atoms with E-state index in [-0.39, 0.29) is 28.9 Å². The van der Waals surface area contributed by atoms with Gasteiger partial charge in [-0.1, -0.05) is 47.7 Å². The first-order valence-electron chi connectivity index (χ1n) is 9.69. The van der Waals surface area contributed by atoms with Gasteiger partial charge in [-0.25, -0.2) is 8.42 Å². The highest BCUT2D eigenvalue weighted by Gasteiger charge is 2.33. The van der Waals surface area contributed by atoms with E-state index in [9.17, 15) is 18.0 Å². The highest BCUT2D eigenvalue weighted by Crippen LogP contribution is 2.34. The number of hydrogen-bond donors (Lipinski definition) is 1. The molecule has 1 fully saturated rings. The molecule has 0 radical (unpaired) electrons. The summed E-state index contributed by atoms with van der Waals surface area (Å²) in [6, 6.07) is 17.5. The molecule has 1 unspecified atom stereocenters. The predicted molar refractivity (Wildman–Crippen MR) is 118 cm³/mol. The molecule has 0 saturated carbocycles. The second-order valence-electron chi connectivity index (χ2n) is 7.12. The molecule has 1 atom stereocenters. The molecule has 1 aliphatic heterocycles. The number of rotatable bonds is 7. The van der Waals surface area contributed by atoms with Gasteiger partial charge in [-0.05, 0) is 24.3 Å². The summed E-state index contributed by atoms with van der Waals surface area (Å²) in [5, 5.41) is 11.7. The van der Waals surface area contributed by atoms with Crippen molar-refractivity contribution in [2.45, 2.75) is 23.7 Å². The van der Waals surface area contributed by atoms with Crippen molar-refractivity contribution in [1.29, 1.82) is 0 Å². The molecule has 0 spiro atoms. The number of nitrogens with zero attached hydrogens (tertiary/aromatic N) is 3. The van der Waals surface area contributed by atoms with E-state index in [0.29, 0.717) is 23.1 Å². The number of benzene rings is 2. The maximum atomic E-state index is 12.4. The molecular weight excluding hydrogens is 436 g/mol. The van der Waals surface area contributed by atoms with Crippen LogP contribution in [0.1, 0.15) is 23.8 Å². The Hall–Kier alpha value is -3.11. The topological polar surface area (TPSA) is 109 Å². The van der Waals surface area contributed by atoms with Gasteiger partial charge in [0.05, 0.1) is 10.6 Å². The van der Waals surface area contributed by atoms with Gasteiger partial charge in [-0.15, -0.1) is 10.2 Å². The summed E-state index contributed by atoms with van der Waals surface area (Å²) in [7, 11) is -3.53. The molecule has 3 aromatic rings. The van der Waals surface area contributed by atoms with Crippen LogP contribution in [0.15, 0.2) is 65.6 Å². The van der Waals surface area contributed by atoms with Crippen molar-refractivity contribution in [3.8, 4) is 0 Å². The smallest absolute Gasteiger partial charge is 0.227 e. The third-order valence-electron chi connectivity index (χ3n) is 4.93. The number of carbonyl (C=O) groups excluding carboxylic acids is 2. The van der Waals surface area contributed by atoms with Crippen molar-refractivity contribution in [3.05, 3.63) is 65.7 Å². The molecule has 0 bridgehead atoms. The van der Waals surface area contributed by atoms with Crippen molar-refractivity contribution in [2.24, 2.45) is 0 Å². The van der Waals surface area contributed by atoms with Crippen LogP contribution in [0.3, 0.4) is 0 Å². The average molecular weight is 457 g/mol. The quantitative estimate of drug-likeness (QED) is 0.586. The Bertz CT molecular complexity index is 1180. The highest BCUT2D eigenvalue weighted by atomic mass is 32.2. The van der Waals surface area contributed by atoms with Crippen LogP contribution in [0.4, 0.5) is 10.8 Å². The molecule has 160 valence electrons. The number of sulfone groups is 1. The van der Waals surface area contributed by atoms with Crippen molar-refractivity contribution in [2.75, 3.05) is 22.5 Å². The van der Waals surface area contributed by atoms with E-state index in [0.717, 1.165) is 5.69 Å². The Morgan fingerprint density at radius 2 is 1.74 bits per heavy atom. The third-order valence-corrected chi connectivity index (χ3v) is 7.66. The van der Waals surface area contributed by atoms with Crippen molar-refractivity contribution < 1.29 is 18.0 Å². The van der Waals surface area contributed by atoms with Crippen molar-refractivity contribution in [3.63, 3.8) is 0 Å². The van der Waals surface area contributed by atoms with Crippen molar-refractivity contribution >= 4 is 43.8 Å². The SMILES string of the molecule is O=C(CCS(=O)(=O)c1ccccc1)Nc1nnc(C2CC(=O)N(c3ccccc3)C2)s1. The van der Waals surface area contributed by atoms with Crippen LogP contribution in [0, 0.1) is 0 Å². The summed E-state index contributed by atoms with van der Waals surface area (Å²) in [5.41, 5.74) is 0.840. The minimum absolute atomic E-state index is 0.0168. The fraction of sp³-hybridized carbons (Fsp3) is 0.238. The molecule has 1 aliphatic rings. The first-order valence-corrected chi connectivity index (χ1v) is 12.2. The summed E-state index contributed by atoms with van der Waals surface area (Å²) in [6.07, 6.45) is 0.142. The number of aromatic nitrogens is 2. The molecule has 8 nitrogen and oxygen atoms in total. The number of amides is 2. The van der Waals surface area contributed by atoms with Crippen LogP contribution in [0.2, 0.25) is 0 Å². The zero-order valence-corrected chi connectivity index (χ0v) is 18.1. The van der Waals surface area contributed by atoms with Gasteiger partial charge in [-0.3, -0.25) is 9.59 Å². The molecule has 1 aromatic heterocycles. The third kappa shape index (κ3) is 4.97. The molecule has 31 heavy (non-hydrogen) atoms. The Balaban J connectivity index is 1.34. The summed E-state index contributed by atoms with van der Waals surface area (Å²) in [5.74, 6) is -0.828. The first-order chi connectivity index (χ1) is 14.9. The van der Waals surface area contributed by atoms with Gasteiger partial charge in [0.15, 0.2) is 9.84 Å². The van der Waals surface area contributed by atoms with E-state index in [1.54, 1.807) is 23.1 Å². The number of nitrogens with one attached hydrogen (secondary N) is 1. The van der Waals surface area contributed by atoms with Gasteiger partial charge in [-0.2, -0.15) is 0 Å². The number of carbonyl (C=O) groups is 2. The lowest BCUT2D eigenvalue weighted by Gasteiger charge is -2.15. The van der Waals surface area contributed by atoms with E-state index in [4.69, 9.17) is 0 Å². The van der Waals surface area contributed by atoms with E-state index in [1.807, 2.05) is 30.3 Å². The highest BCUT2D eigenvalue weighted by molar-refractivity contribution is 7.91. The monoisotopic (exact) mass is 456 g/mol. The van der Waals surface area contributed by atoms with Crippen LogP contribution >= 0.6 is 11.3 Å². The first kappa shape index (κ1) is 21.1. The lowest BCUT2D eigenvalue weighted by molar-refractivity contribution is -0.117. The van der Waals surface area contributed by atoms with Gasteiger partial charge >= 0.3 is 0 Å². The molecule has 1 saturated heterocycles. The molecule has 2 amide bonds. The van der Waals surface area contributed by atoms with E-state index in [2.05, 4.69) is 15.5 Å². The molecular formula is C21H20N4O4S2. The van der Waals surface area contributed by atoms with Crippen LogP contribution in [0.25, 0.3) is 0 Å². The van der Waals surface area contributed by atoms with Crippen LogP contribution < -0.4 is 10.2 Å². The Kier molecular flexibility index (Phi) is 6.10. The fourth-order valence-electron chi connectivity index (χ4n) is 3.34. The molecule has 0 aliphatic carbocycles. The molecule has 2 heterocycles. The van der Waals surface area contributed by atoms with Crippen molar-refractivity contribution in [1.82, 2.24) is 10.2 Å². The maximum absolute atomic E-state index is 12.4. The van der Waals surface area contributed by atoms with Gasteiger partial charge in [0.2, 0.25) is 16.9 Å². The summed E-state index contributed by atoms with van der Waals surface area (Å²) in [4.78, 5) is 26.5. The Morgan fingerprint density at radius 3 is 2.45 bits per heavy atom. The lowest BCUT2D eigenvalue weighted by Crippen LogP contribution is -2.24. The number of para-hydroxylation sites is 1. The summed E-state index contributed by atoms with van der Waals surface area (Å²) < 4.78 is 24.6. The summed E-state index contributed by atoms with van der Waals surface area (Å²) >= 11 is 1.20. The normalized spacial score (nSPS) is 16.5. The minimum Gasteiger partial charge on any atom is -0.312 e. The number of anilines is 2. The van der Waals surface area contributed by atoms with E-state index >= 15 is 0 Å². The van der Waals surface area contributed by atoms with Gasteiger partial charge in [0.25, 0.3) is 0 Å².